The monoisotopic (exact) mass is 809 g/mol. The third-order valence-electron chi connectivity index (χ3n) is 9.25. The number of carbonyl (C=O) groups is 3. The minimum Gasteiger partial charge on any atom is -0.477 e. The summed E-state index contributed by atoms with van der Waals surface area (Å²) in [7, 11) is 5.48. The molecule has 0 fully saturated rings. The lowest BCUT2D eigenvalue weighted by Crippen LogP contribution is -2.50. The summed E-state index contributed by atoms with van der Waals surface area (Å²) in [6.45, 7) is 4.45. The van der Waals surface area contributed by atoms with Gasteiger partial charge in [0.25, 0.3) is 0 Å². The van der Waals surface area contributed by atoms with Crippen molar-refractivity contribution in [3.05, 3.63) is 97.2 Å². The largest absolute Gasteiger partial charge is 0.477 e. The van der Waals surface area contributed by atoms with Gasteiger partial charge in [-0.1, -0.05) is 150 Å². The van der Waals surface area contributed by atoms with Gasteiger partial charge in [0, 0.05) is 12.8 Å². The molecule has 1 N–H and O–H groups in total. The fourth-order valence-electron chi connectivity index (χ4n) is 5.82. The summed E-state index contributed by atoms with van der Waals surface area (Å²) in [6, 6.07) is -0.638. The van der Waals surface area contributed by atoms with Gasteiger partial charge in [0.05, 0.1) is 40.8 Å². The van der Waals surface area contributed by atoms with Crippen LogP contribution in [0.2, 0.25) is 0 Å². The number of hydrogen-bond acceptors (Lipinski definition) is 6. The molecule has 2 unspecified atom stereocenters. The molecule has 8 nitrogen and oxygen atoms in total. The molecule has 8 heteroatoms. The average Bonchev–Trinajstić information content (AvgIpc) is 3.18. The first-order valence-corrected chi connectivity index (χ1v) is 22.3. The molecule has 0 spiro atoms. The van der Waals surface area contributed by atoms with Crippen molar-refractivity contribution in [3.63, 3.8) is 0 Å². The number of hydrogen-bond donors (Lipinski definition) is 1. The van der Waals surface area contributed by atoms with Crippen LogP contribution >= 0.6 is 0 Å². The molecule has 2 atom stereocenters. The molecule has 0 aliphatic rings. The standard InChI is InChI=1S/C50H81NO7/c1-6-8-10-12-14-16-18-20-22-23-24-25-27-28-30-32-34-36-38-40-48(52)57-45-46(44-56-43-42-47(50(54)55)51(3,4)5)58-49(53)41-39-37-35-33-31-29-26-21-19-17-15-13-11-9-7-2/h9,11,14-17,20-22,24-26,31,33,37,39,46-47H,6-8,10,12-13,18-19,23,27-30,32,34-36,38,40-45H2,1-5H3/p+1/b11-9-,16-14-,17-15-,22-20-,25-24-,26-21-,33-31-,39-37-. The van der Waals surface area contributed by atoms with E-state index in [0.717, 1.165) is 70.6 Å². The lowest BCUT2D eigenvalue weighted by Gasteiger charge is -2.31. The van der Waals surface area contributed by atoms with Crippen molar-refractivity contribution in [2.24, 2.45) is 0 Å². The molecule has 0 heterocycles. The lowest BCUT2D eigenvalue weighted by atomic mass is 10.1. The Kier molecular flexibility index (Phi) is 37.5. The Bertz CT molecular complexity index is 1260. The number of likely N-dealkylation sites (N-methyl/N-ethyl adjacent to an activating group) is 1. The minimum atomic E-state index is -0.895. The first-order chi connectivity index (χ1) is 28.1. The van der Waals surface area contributed by atoms with E-state index in [1.165, 1.54) is 38.5 Å². The van der Waals surface area contributed by atoms with Crippen molar-refractivity contribution < 1.29 is 38.2 Å². The Balaban J connectivity index is 4.49. The fourth-order valence-corrected chi connectivity index (χ4v) is 5.82. The van der Waals surface area contributed by atoms with Crippen LogP contribution in [0.15, 0.2) is 97.2 Å². The molecule has 0 radical (unpaired) electrons. The summed E-state index contributed by atoms with van der Waals surface area (Å²) < 4.78 is 17.1. The second-order valence-corrected chi connectivity index (χ2v) is 15.6. The van der Waals surface area contributed by atoms with E-state index in [9.17, 15) is 19.5 Å². The molecule has 58 heavy (non-hydrogen) atoms. The Morgan fingerprint density at radius 1 is 0.552 bits per heavy atom. The van der Waals surface area contributed by atoms with E-state index in [-0.39, 0.29) is 36.7 Å². The smallest absolute Gasteiger partial charge is 0.362 e. The predicted molar refractivity (Wildman–Crippen MR) is 243 cm³/mol. The van der Waals surface area contributed by atoms with E-state index < -0.39 is 24.1 Å². The van der Waals surface area contributed by atoms with Gasteiger partial charge < -0.3 is 23.8 Å². The highest BCUT2D eigenvalue weighted by atomic mass is 16.6. The molecular weight excluding hydrogens is 727 g/mol. The average molecular weight is 809 g/mol. The number of allylic oxidation sites excluding steroid dienone is 15. The van der Waals surface area contributed by atoms with E-state index in [1.54, 1.807) is 6.08 Å². The minimum absolute atomic E-state index is 0.0108. The zero-order valence-electron chi connectivity index (χ0n) is 37.2. The summed E-state index contributed by atoms with van der Waals surface area (Å²) in [6.07, 6.45) is 53.4. The third-order valence-corrected chi connectivity index (χ3v) is 9.25. The maximum atomic E-state index is 12.7. The van der Waals surface area contributed by atoms with Crippen molar-refractivity contribution in [1.29, 1.82) is 0 Å². The van der Waals surface area contributed by atoms with Crippen molar-refractivity contribution in [2.45, 2.75) is 161 Å². The van der Waals surface area contributed by atoms with Crippen LogP contribution in [0.1, 0.15) is 149 Å². The molecule has 328 valence electrons. The topological polar surface area (TPSA) is 99.1 Å². The molecule has 0 saturated carbocycles. The van der Waals surface area contributed by atoms with E-state index in [0.29, 0.717) is 19.3 Å². The highest BCUT2D eigenvalue weighted by molar-refractivity contribution is 5.72. The SMILES string of the molecule is CC/C=C\C/C=C\C/C=C\C/C=C\C/C=C\CC(=O)OC(COCCC(C(=O)O)[N+](C)(C)C)COC(=O)CCCCCCCC/C=C\C/C=C\C/C=C\CCCCC. The van der Waals surface area contributed by atoms with Crippen molar-refractivity contribution in [3.8, 4) is 0 Å². The van der Waals surface area contributed by atoms with Gasteiger partial charge in [0.15, 0.2) is 12.1 Å². The molecule has 0 aromatic rings. The quantitative estimate of drug-likeness (QED) is 0.0287. The van der Waals surface area contributed by atoms with Crippen LogP contribution in [0, 0.1) is 0 Å². The van der Waals surface area contributed by atoms with Crippen molar-refractivity contribution >= 4 is 17.9 Å². The van der Waals surface area contributed by atoms with Gasteiger partial charge in [-0.05, 0) is 77.0 Å². The molecule has 0 amide bonds. The number of ether oxygens (including phenoxy) is 3. The molecule has 0 aliphatic carbocycles. The highest BCUT2D eigenvalue weighted by Gasteiger charge is 2.31. The van der Waals surface area contributed by atoms with E-state index >= 15 is 0 Å². The lowest BCUT2D eigenvalue weighted by molar-refractivity contribution is -0.887. The van der Waals surface area contributed by atoms with Gasteiger partial charge in [-0.3, -0.25) is 9.59 Å². The van der Waals surface area contributed by atoms with Crippen LogP contribution in [-0.4, -0.2) is 80.6 Å². The first-order valence-electron chi connectivity index (χ1n) is 22.3. The summed E-state index contributed by atoms with van der Waals surface area (Å²) >= 11 is 0. The number of carboxylic acids is 1. The second kappa shape index (κ2) is 40.0. The molecule has 0 rings (SSSR count). The maximum absolute atomic E-state index is 12.7. The molecule has 0 aromatic carbocycles. The van der Waals surface area contributed by atoms with Crippen LogP contribution in [0.3, 0.4) is 0 Å². The van der Waals surface area contributed by atoms with Gasteiger partial charge >= 0.3 is 17.9 Å². The van der Waals surface area contributed by atoms with Crippen LogP contribution < -0.4 is 0 Å². The molecule has 0 aliphatic heterocycles. The zero-order valence-corrected chi connectivity index (χ0v) is 37.2. The zero-order chi connectivity index (χ0) is 42.8. The number of esters is 2. The summed E-state index contributed by atoms with van der Waals surface area (Å²) in [5, 5.41) is 9.62. The van der Waals surface area contributed by atoms with Gasteiger partial charge in [0.2, 0.25) is 0 Å². The number of carbonyl (C=O) groups excluding carboxylic acids is 2. The first kappa shape index (κ1) is 54.2. The number of aliphatic carboxylic acids is 1. The van der Waals surface area contributed by atoms with Crippen LogP contribution in [-0.2, 0) is 28.6 Å². The van der Waals surface area contributed by atoms with E-state index in [4.69, 9.17) is 14.2 Å². The Hall–Kier alpha value is -3.75. The molecule has 0 bridgehead atoms. The number of quaternary nitrogens is 1. The van der Waals surface area contributed by atoms with E-state index in [2.05, 4.69) is 98.9 Å². The van der Waals surface area contributed by atoms with E-state index in [1.807, 2.05) is 27.2 Å². The number of carboxylic acid groups (broad SMARTS) is 1. The molecule has 0 saturated heterocycles. The van der Waals surface area contributed by atoms with Crippen LogP contribution in [0.25, 0.3) is 0 Å². The Morgan fingerprint density at radius 3 is 1.52 bits per heavy atom. The van der Waals surface area contributed by atoms with Gasteiger partial charge in [-0.25, -0.2) is 4.79 Å². The Morgan fingerprint density at radius 2 is 1.02 bits per heavy atom. The highest BCUT2D eigenvalue weighted by Crippen LogP contribution is 2.12. The summed E-state index contributed by atoms with van der Waals surface area (Å²) in [5.74, 6) is -1.66. The predicted octanol–water partition coefficient (Wildman–Crippen LogP) is 12.3. The van der Waals surface area contributed by atoms with Crippen LogP contribution in [0.5, 0.6) is 0 Å². The fraction of sp³-hybridized carbons (Fsp3) is 0.620. The normalized spacial score (nSPS) is 13.9. The van der Waals surface area contributed by atoms with Gasteiger partial charge in [-0.2, -0.15) is 0 Å². The van der Waals surface area contributed by atoms with Gasteiger partial charge in [0.1, 0.15) is 6.61 Å². The number of nitrogens with zero attached hydrogens (tertiary/aromatic N) is 1. The number of rotatable bonds is 38. The molecular formula is C50H82NO7+. The second-order valence-electron chi connectivity index (χ2n) is 15.6. The molecule has 0 aromatic heterocycles. The maximum Gasteiger partial charge on any atom is 0.362 e. The summed E-state index contributed by atoms with van der Waals surface area (Å²) in [5.41, 5.74) is 0. The van der Waals surface area contributed by atoms with Gasteiger partial charge in [-0.15, -0.1) is 0 Å². The summed E-state index contributed by atoms with van der Waals surface area (Å²) in [4.78, 5) is 36.9. The third kappa shape index (κ3) is 37.8. The number of unbranched alkanes of at least 4 members (excludes halogenated alkanes) is 9. The Labute approximate surface area is 354 Å². The van der Waals surface area contributed by atoms with Crippen molar-refractivity contribution in [2.75, 3.05) is 41.0 Å². The van der Waals surface area contributed by atoms with Crippen molar-refractivity contribution in [1.82, 2.24) is 0 Å². The van der Waals surface area contributed by atoms with Crippen LogP contribution in [0.4, 0.5) is 0 Å².